The highest BCUT2D eigenvalue weighted by Crippen LogP contribution is 2.36. The van der Waals surface area contributed by atoms with E-state index in [2.05, 4.69) is 5.32 Å². The fourth-order valence-electron chi connectivity index (χ4n) is 2.08. The summed E-state index contributed by atoms with van der Waals surface area (Å²) in [5.74, 6) is -1.10. The number of halogens is 8. The Labute approximate surface area is 153 Å². The lowest BCUT2D eigenvalue weighted by Crippen LogP contribution is -2.24. The van der Waals surface area contributed by atoms with Crippen LogP contribution in [0.4, 0.5) is 26.3 Å². The molecule has 0 fully saturated rings. The van der Waals surface area contributed by atoms with E-state index in [4.69, 9.17) is 23.2 Å². The zero-order valence-corrected chi connectivity index (χ0v) is 14.1. The lowest BCUT2D eigenvalue weighted by molar-refractivity contribution is -0.143. The molecule has 0 heterocycles. The summed E-state index contributed by atoms with van der Waals surface area (Å²) in [6.45, 7) is -0.184. The normalized spacial score (nSPS) is 12.2. The maximum atomic E-state index is 12.8. The van der Waals surface area contributed by atoms with Gasteiger partial charge in [-0.05, 0) is 42.0 Å². The number of carbonyl (C=O) groups excluding carboxylic acids is 1. The molecule has 1 N–H and O–H groups in total. The highest BCUT2D eigenvalue weighted by atomic mass is 35.5. The topological polar surface area (TPSA) is 29.1 Å². The molecule has 0 saturated carbocycles. The molecule has 1 amide bonds. The van der Waals surface area contributed by atoms with Crippen LogP contribution < -0.4 is 5.32 Å². The van der Waals surface area contributed by atoms with Gasteiger partial charge in [-0.3, -0.25) is 4.79 Å². The monoisotopic (exact) mass is 415 g/mol. The van der Waals surface area contributed by atoms with Crippen molar-refractivity contribution in [3.8, 4) is 0 Å². The van der Waals surface area contributed by atoms with Crippen molar-refractivity contribution in [2.24, 2.45) is 0 Å². The van der Waals surface area contributed by atoms with Gasteiger partial charge in [0.25, 0.3) is 5.91 Å². The number of hydrogen-bond donors (Lipinski definition) is 1. The van der Waals surface area contributed by atoms with E-state index in [0.29, 0.717) is 17.7 Å². The van der Waals surface area contributed by atoms with Gasteiger partial charge in [0.1, 0.15) is 0 Å². The average molecular weight is 416 g/mol. The molecule has 2 aromatic carbocycles. The summed E-state index contributed by atoms with van der Waals surface area (Å²) in [6, 6.07) is 4.98. The van der Waals surface area contributed by atoms with Gasteiger partial charge in [-0.15, -0.1) is 0 Å². The van der Waals surface area contributed by atoms with Crippen molar-refractivity contribution in [3.05, 3.63) is 68.7 Å². The molecule has 0 aromatic heterocycles. The van der Waals surface area contributed by atoms with E-state index in [1.807, 2.05) is 0 Å². The van der Waals surface area contributed by atoms with Gasteiger partial charge >= 0.3 is 12.4 Å². The van der Waals surface area contributed by atoms with Gasteiger partial charge < -0.3 is 5.32 Å². The molecule has 10 heteroatoms. The number of hydrogen-bond acceptors (Lipinski definition) is 1. The molecule has 0 aliphatic rings. The summed E-state index contributed by atoms with van der Waals surface area (Å²) in [5, 5.41) is 2.76. The molecule has 0 spiro atoms. The fraction of sp³-hybridized carbons (Fsp3) is 0.188. The summed E-state index contributed by atoms with van der Waals surface area (Å²) < 4.78 is 76.9. The zero-order chi connectivity index (χ0) is 19.7. The van der Waals surface area contributed by atoms with Crippen LogP contribution in [0.25, 0.3) is 0 Å². The molecule has 0 aliphatic heterocycles. The van der Waals surface area contributed by atoms with Gasteiger partial charge in [-0.25, -0.2) is 0 Å². The Morgan fingerprint density at radius 3 is 1.69 bits per heavy atom. The highest BCUT2D eigenvalue weighted by molar-refractivity contribution is 6.34. The first kappa shape index (κ1) is 20.4. The van der Waals surface area contributed by atoms with Crippen molar-refractivity contribution in [2.75, 3.05) is 0 Å². The van der Waals surface area contributed by atoms with Gasteiger partial charge in [0.05, 0.1) is 11.1 Å². The van der Waals surface area contributed by atoms with E-state index in [9.17, 15) is 31.1 Å². The van der Waals surface area contributed by atoms with Gasteiger partial charge in [0.2, 0.25) is 0 Å². The Balaban J connectivity index is 2.29. The van der Waals surface area contributed by atoms with Gasteiger partial charge in [-0.1, -0.05) is 23.2 Å². The molecule has 2 rings (SSSR count). The third kappa shape index (κ3) is 5.28. The maximum Gasteiger partial charge on any atom is 0.416 e. The lowest BCUT2D eigenvalue weighted by atomic mass is 10.0. The largest absolute Gasteiger partial charge is 0.416 e. The Morgan fingerprint density at radius 1 is 0.808 bits per heavy atom. The number of benzene rings is 2. The molecule has 2 aromatic rings. The quantitative estimate of drug-likeness (QED) is 0.615. The lowest BCUT2D eigenvalue weighted by Gasteiger charge is -2.14. The number of rotatable bonds is 3. The standard InChI is InChI=1S/C16H9Cl2F6NO/c17-12-1-8(2-13(18)6-12)7-25-14(26)9-3-10(15(19,20)21)5-11(4-9)16(22,23)24/h1-6H,7H2,(H,25,26). The summed E-state index contributed by atoms with van der Waals surface area (Å²) in [6.07, 6.45) is -10.1. The Morgan fingerprint density at radius 2 is 1.27 bits per heavy atom. The molecule has 2 nitrogen and oxygen atoms in total. The minimum absolute atomic E-state index is 0.0481. The van der Waals surface area contributed by atoms with Crippen LogP contribution in [0.5, 0.6) is 0 Å². The molecule has 26 heavy (non-hydrogen) atoms. The van der Waals surface area contributed by atoms with Crippen molar-refractivity contribution in [1.82, 2.24) is 5.32 Å². The molecule has 0 atom stereocenters. The van der Waals surface area contributed by atoms with Crippen LogP contribution in [0.15, 0.2) is 36.4 Å². The number of alkyl halides is 6. The van der Waals surface area contributed by atoms with Crippen molar-refractivity contribution >= 4 is 29.1 Å². The SMILES string of the molecule is O=C(NCc1cc(Cl)cc(Cl)c1)c1cc(C(F)(F)F)cc(C(F)(F)F)c1. The van der Waals surface area contributed by atoms with E-state index >= 15 is 0 Å². The Hall–Kier alpha value is -1.93. The van der Waals surface area contributed by atoms with Crippen LogP contribution in [-0.4, -0.2) is 5.91 Å². The van der Waals surface area contributed by atoms with Crippen molar-refractivity contribution in [1.29, 1.82) is 0 Å². The van der Waals surface area contributed by atoms with Gasteiger partial charge in [-0.2, -0.15) is 26.3 Å². The fourth-order valence-corrected chi connectivity index (χ4v) is 2.65. The molecule has 140 valence electrons. The molecule has 0 bridgehead atoms. The number of nitrogens with one attached hydrogen (secondary N) is 1. The minimum Gasteiger partial charge on any atom is -0.348 e. The second-order valence-electron chi connectivity index (χ2n) is 5.25. The van der Waals surface area contributed by atoms with Crippen molar-refractivity contribution < 1.29 is 31.1 Å². The summed E-state index contributed by atoms with van der Waals surface area (Å²) in [7, 11) is 0. The van der Waals surface area contributed by atoms with Gasteiger partial charge in [0, 0.05) is 22.2 Å². The van der Waals surface area contributed by atoms with Crippen LogP contribution in [-0.2, 0) is 18.9 Å². The maximum absolute atomic E-state index is 12.8. The van der Waals surface area contributed by atoms with E-state index in [-0.39, 0.29) is 22.7 Å². The third-order valence-corrected chi connectivity index (χ3v) is 3.66. The predicted molar refractivity (Wildman–Crippen MR) is 84.1 cm³/mol. The predicted octanol–water partition coefficient (Wildman–Crippen LogP) is 5.96. The zero-order valence-electron chi connectivity index (χ0n) is 12.6. The molecule has 0 saturated heterocycles. The summed E-state index contributed by atoms with van der Waals surface area (Å²) >= 11 is 11.6. The Kier molecular flexibility index (Phi) is 5.77. The molecule has 0 radical (unpaired) electrons. The number of amides is 1. The van der Waals surface area contributed by atoms with Crippen LogP contribution in [0.2, 0.25) is 10.0 Å². The van der Waals surface area contributed by atoms with E-state index in [0.717, 1.165) is 0 Å². The average Bonchev–Trinajstić information content (AvgIpc) is 2.49. The van der Waals surface area contributed by atoms with E-state index < -0.39 is 35.0 Å². The van der Waals surface area contributed by atoms with E-state index in [1.165, 1.54) is 18.2 Å². The van der Waals surface area contributed by atoms with Crippen molar-refractivity contribution in [3.63, 3.8) is 0 Å². The molecule has 0 unspecified atom stereocenters. The third-order valence-electron chi connectivity index (χ3n) is 3.23. The first-order valence-electron chi connectivity index (χ1n) is 6.89. The van der Waals surface area contributed by atoms with Crippen LogP contribution >= 0.6 is 23.2 Å². The van der Waals surface area contributed by atoms with Crippen LogP contribution in [0, 0.1) is 0 Å². The number of carbonyl (C=O) groups is 1. The summed E-state index contributed by atoms with van der Waals surface area (Å²) in [5.41, 5.74) is -3.47. The second-order valence-corrected chi connectivity index (χ2v) is 6.13. The smallest absolute Gasteiger partial charge is 0.348 e. The first-order valence-corrected chi connectivity index (χ1v) is 7.64. The summed E-state index contributed by atoms with van der Waals surface area (Å²) in [4.78, 5) is 12.0. The second kappa shape index (κ2) is 7.36. The van der Waals surface area contributed by atoms with Gasteiger partial charge in [0.15, 0.2) is 0 Å². The van der Waals surface area contributed by atoms with Crippen molar-refractivity contribution in [2.45, 2.75) is 18.9 Å². The first-order chi connectivity index (χ1) is 11.9. The molecular weight excluding hydrogens is 407 g/mol. The van der Waals surface area contributed by atoms with Crippen LogP contribution in [0.1, 0.15) is 27.0 Å². The van der Waals surface area contributed by atoms with Crippen LogP contribution in [0.3, 0.4) is 0 Å². The van der Waals surface area contributed by atoms with E-state index in [1.54, 1.807) is 0 Å². The molecule has 0 aliphatic carbocycles. The molecular formula is C16H9Cl2F6NO. The minimum atomic E-state index is -5.03. The Bertz CT molecular complexity index is 780. The highest BCUT2D eigenvalue weighted by Gasteiger charge is 2.37.